The summed E-state index contributed by atoms with van der Waals surface area (Å²) in [6, 6.07) is 0. The number of aliphatic hydroxyl groups excluding tert-OH is 2. The van der Waals surface area contributed by atoms with Crippen LogP contribution in [0.3, 0.4) is 0 Å². The van der Waals surface area contributed by atoms with Crippen LogP contribution in [-0.4, -0.2) is 87.5 Å². The van der Waals surface area contributed by atoms with Crippen LogP contribution in [0.25, 0.3) is 10.8 Å². The number of ketones is 1. The van der Waals surface area contributed by atoms with Gasteiger partial charge in [-0.3, -0.25) is 19.4 Å². The number of carbonyl (C=O) groups is 3. The molecule has 0 saturated heterocycles. The molecule has 3 aliphatic heterocycles. The topological polar surface area (TPSA) is 206 Å². The second kappa shape index (κ2) is 15.4. The molecule has 14 nitrogen and oxygen atoms in total. The summed E-state index contributed by atoms with van der Waals surface area (Å²) in [6.07, 6.45) is 3.82. The number of esters is 1. The molecule has 1 amide bonds. The molecule has 5 rings (SSSR count). The molecular formula is C41H53N3O11. The lowest BCUT2D eigenvalue weighted by atomic mass is 9.78. The summed E-state index contributed by atoms with van der Waals surface area (Å²) in [5, 5.41) is 49.5. The van der Waals surface area contributed by atoms with E-state index in [4.69, 9.17) is 23.9 Å². The van der Waals surface area contributed by atoms with Crippen LogP contribution >= 0.6 is 0 Å². The number of phenols is 2. The number of rotatable bonds is 2. The highest BCUT2D eigenvalue weighted by molar-refractivity contribution is 6.21. The van der Waals surface area contributed by atoms with E-state index in [9.17, 15) is 34.8 Å². The van der Waals surface area contributed by atoms with Crippen LogP contribution in [0.4, 0.5) is 5.69 Å². The van der Waals surface area contributed by atoms with Gasteiger partial charge in [0, 0.05) is 61.2 Å². The minimum absolute atomic E-state index is 0.0292. The van der Waals surface area contributed by atoms with Crippen molar-refractivity contribution < 1.29 is 53.8 Å². The molecule has 3 heterocycles. The summed E-state index contributed by atoms with van der Waals surface area (Å²) in [5.74, 6) is -7.11. The fourth-order valence-electron chi connectivity index (χ4n) is 7.60. The third-order valence-corrected chi connectivity index (χ3v) is 11.0. The first-order valence-corrected chi connectivity index (χ1v) is 18.4. The molecule has 0 spiro atoms. The maximum Gasteiger partial charge on any atom is 0.312 e. The van der Waals surface area contributed by atoms with Gasteiger partial charge in [0.05, 0.1) is 53.3 Å². The second-order valence-electron chi connectivity index (χ2n) is 15.8. The molecule has 0 radical (unpaired) electrons. The molecule has 0 aromatic heterocycles. The highest BCUT2D eigenvalue weighted by Crippen LogP contribution is 2.50. The number of benzene rings is 2. The van der Waals surface area contributed by atoms with Gasteiger partial charge in [-0.1, -0.05) is 45.9 Å². The number of hydrogen-bond donors (Lipinski definition) is 5. The van der Waals surface area contributed by atoms with E-state index >= 15 is 0 Å². The van der Waals surface area contributed by atoms with Crippen LogP contribution in [0.1, 0.15) is 78.2 Å². The lowest BCUT2D eigenvalue weighted by molar-refractivity contribution is -0.160. The standard InChI is InChI=1S/C41H53N3O11/c1-18-13-12-14-19(2)39(51)43-31-30-29(44-40(8,9)17-42-30)26-27(35(31)49)34(48)23(6)37-28(26)38(50)41(10,55-37)53-16-15-25(52-11)20(3)36(54-24(7)45)22(5)33(47)21(4)32(18)46/h12-16,18,20-22,25,32-33,36,44,46-49H,17H2,1-11H3/b13-12+,16-15+,19-14-,43-31?/t18-,20+,21+,22+,25-,32-,33+,36+,41-/m0/s1. The Bertz CT molecular complexity index is 2120. The van der Waals surface area contributed by atoms with E-state index in [2.05, 4.69) is 10.3 Å². The third kappa shape index (κ3) is 7.59. The summed E-state index contributed by atoms with van der Waals surface area (Å²) >= 11 is 0. The molecule has 14 heteroatoms. The molecule has 2 aromatic carbocycles. The Labute approximate surface area is 320 Å². The van der Waals surface area contributed by atoms with Crippen molar-refractivity contribution in [3.05, 3.63) is 58.0 Å². The molecule has 0 saturated carbocycles. The molecule has 4 bridgehead atoms. The van der Waals surface area contributed by atoms with Gasteiger partial charge in [0.25, 0.3) is 11.7 Å². The number of hydrogen-bond acceptors (Lipinski definition) is 13. The minimum atomic E-state index is -1.95. The normalized spacial score (nSPS) is 33.2. The van der Waals surface area contributed by atoms with Gasteiger partial charge < -0.3 is 44.7 Å². The van der Waals surface area contributed by atoms with Gasteiger partial charge in [-0.2, -0.15) is 0 Å². The molecule has 298 valence electrons. The van der Waals surface area contributed by atoms with Crippen LogP contribution in [0, 0.1) is 30.6 Å². The first kappa shape index (κ1) is 41.4. The van der Waals surface area contributed by atoms with Crippen molar-refractivity contribution in [2.24, 2.45) is 33.7 Å². The van der Waals surface area contributed by atoms with Crippen LogP contribution in [0.2, 0.25) is 0 Å². The average molecular weight is 764 g/mol. The van der Waals surface area contributed by atoms with Crippen molar-refractivity contribution in [2.45, 2.75) is 105 Å². The zero-order valence-corrected chi connectivity index (χ0v) is 33.3. The monoisotopic (exact) mass is 763 g/mol. The predicted molar refractivity (Wildman–Crippen MR) is 203 cm³/mol. The smallest absolute Gasteiger partial charge is 0.312 e. The van der Waals surface area contributed by atoms with Gasteiger partial charge in [-0.05, 0) is 33.8 Å². The first-order chi connectivity index (χ1) is 25.7. The number of aromatic hydroxyl groups is 2. The zero-order valence-electron chi connectivity index (χ0n) is 33.3. The molecule has 0 unspecified atom stereocenters. The number of methoxy groups -OCH3 is 1. The number of carbonyl (C=O) groups excluding carboxylic acids is 3. The minimum Gasteiger partial charge on any atom is -0.507 e. The van der Waals surface area contributed by atoms with Crippen LogP contribution in [0.15, 0.2) is 46.1 Å². The second-order valence-corrected chi connectivity index (χ2v) is 15.8. The predicted octanol–water partition coefficient (Wildman–Crippen LogP) is 4.08. The molecule has 3 aliphatic rings. The Morgan fingerprint density at radius 2 is 1.62 bits per heavy atom. The summed E-state index contributed by atoms with van der Waals surface area (Å²) in [7, 11) is 1.46. The van der Waals surface area contributed by atoms with Crippen molar-refractivity contribution >= 4 is 34.1 Å². The number of allylic oxidation sites excluding steroid dienone is 2. The van der Waals surface area contributed by atoms with Crippen molar-refractivity contribution in [3.63, 3.8) is 0 Å². The van der Waals surface area contributed by atoms with E-state index in [1.165, 1.54) is 46.3 Å². The summed E-state index contributed by atoms with van der Waals surface area (Å²) in [5.41, 5.74) is -0.00290. The van der Waals surface area contributed by atoms with Crippen molar-refractivity contribution in [3.8, 4) is 17.2 Å². The number of phenolic OH excluding ortho intramolecular Hbond substituents is 2. The van der Waals surface area contributed by atoms with Gasteiger partial charge in [0.1, 0.15) is 28.3 Å². The highest BCUT2D eigenvalue weighted by atomic mass is 16.7. The molecule has 9 atom stereocenters. The van der Waals surface area contributed by atoms with Crippen LogP contribution in [0.5, 0.6) is 17.2 Å². The zero-order chi connectivity index (χ0) is 40.9. The fourth-order valence-corrected chi connectivity index (χ4v) is 7.60. The third-order valence-electron chi connectivity index (χ3n) is 11.0. The number of aliphatic hydroxyl groups is 2. The Morgan fingerprint density at radius 1 is 0.945 bits per heavy atom. The van der Waals surface area contributed by atoms with E-state index < -0.39 is 82.8 Å². The maximum absolute atomic E-state index is 14.5. The number of fused-ring (bicyclic) bond motifs is 1. The molecule has 0 aliphatic carbocycles. The molecular weight excluding hydrogens is 710 g/mol. The fraction of sp³-hybridized carbons (Fsp3) is 0.537. The van der Waals surface area contributed by atoms with Crippen molar-refractivity contribution in [1.82, 2.24) is 0 Å². The Hall–Kier alpha value is -4.79. The number of amides is 1. The van der Waals surface area contributed by atoms with Gasteiger partial charge in [0.15, 0.2) is 5.75 Å². The van der Waals surface area contributed by atoms with E-state index in [0.717, 1.165) is 0 Å². The molecule has 0 fully saturated rings. The van der Waals surface area contributed by atoms with Gasteiger partial charge >= 0.3 is 11.8 Å². The van der Waals surface area contributed by atoms with Gasteiger partial charge in [-0.15, -0.1) is 0 Å². The molecule has 5 N–H and O–H groups in total. The largest absolute Gasteiger partial charge is 0.507 e. The van der Waals surface area contributed by atoms with E-state index in [1.807, 2.05) is 13.8 Å². The van der Waals surface area contributed by atoms with Crippen LogP contribution < -0.4 is 20.8 Å². The van der Waals surface area contributed by atoms with Gasteiger partial charge in [0.2, 0.25) is 0 Å². The van der Waals surface area contributed by atoms with E-state index in [-0.39, 0.29) is 61.9 Å². The quantitative estimate of drug-likeness (QED) is 0.217. The van der Waals surface area contributed by atoms with Crippen LogP contribution in [-0.2, 0) is 23.8 Å². The van der Waals surface area contributed by atoms with Gasteiger partial charge in [-0.25, -0.2) is 4.99 Å². The number of Topliss-reactive ketones (excluding diaryl/α,β-unsaturated/α-hetero) is 1. The lowest BCUT2D eigenvalue weighted by Gasteiger charge is -2.38. The molecule has 2 aromatic rings. The lowest BCUT2D eigenvalue weighted by Crippen LogP contribution is -2.46. The first-order valence-electron chi connectivity index (χ1n) is 18.4. The van der Waals surface area contributed by atoms with E-state index in [0.29, 0.717) is 0 Å². The average Bonchev–Trinajstić information content (AvgIpc) is 3.39. The molecule has 55 heavy (non-hydrogen) atoms. The number of nitrogens with zero attached hydrogens (tertiary/aromatic N) is 2. The number of anilines is 1. The maximum atomic E-state index is 14.5. The Kier molecular flexibility index (Phi) is 11.6. The number of nitrogens with one attached hydrogen (secondary N) is 1. The Morgan fingerprint density at radius 3 is 2.25 bits per heavy atom. The van der Waals surface area contributed by atoms with Crippen molar-refractivity contribution in [1.29, 1.82) is 0 Å². The Balaban J connectivity index is 1.76. The summed E-state index contributed by atoms with van der Waals surface area (Å²) in [6.45, 7) is 16.8. The van der Waals surface area contributed by atoms with E-state index in [1.54, 1.807) is 46.8 Å². The summed E-state index contributed by atoms with van der Waals surface area (Å²) < 4.78 is 23.7. The SMILES string of the molecule is CO[C@H]1/C=C/O[C@@]2(C)Oc3c(C)c(O)c4c(O)c(c5c(c4c3C2=O)NC(C)(C)CN=5)=NC(=O)/C(C)=C\C=C\[C@H](C)[C@H](O)[C@@H](C)[C@@H](O)[C@@H](C)[C@H](OC(C)=O)[C@@H]1C. The summed E-state index contributed by atoms with van der Waals surface area (Å²) in [4.78, 5) is 49.3. The number of ether oxygens (including phenoxy) is 4. The van der Waals surface area contributed by atoms with Crippen molar-refractivity contribution in [2.75, 3.05) is 19.0 Å². The highest BCUT2D eigenvalue weighted by Gasteiger charge is 2.50.